The highest BCUT2D eigenvalue weighted by Gasteiger charge is 2.13. The first kappa shape index (κ1) is 12.6. The molecule has 0 radical (unpaired) electrons. The van der Waals surface area contributed by atoms with Crippen molar-refractivity contribution in [3.63, 3.8) is 0 Å². The topological polar surface area (TPSA) is 47.0 Å². The third kappa shape index (κ3) is 3.01. The number of methoxy groups -OCH3 is 1. The van der Waals surface area contributed by atoms with E-state index in [9.17, 15) is 0 Å². The minimum Gasteiger partial charge on any atom is -0.490 e. The third-order valence-electron chi connectivity index (χ3n) is 2.05. The molecule has 0 bridgehead atoms. The summed E-state index contributed by atoms with van der Waals surface area (Å²) in [6.45, 7) is 2.07. The maximum absolute atomic E-state index is 5.87. The van der Waals surface area contributed by atoms with Crippen LogP contribution in [-0.4, -0.2) is 23.1 Å². The number of anilines is 1. The van der Waals surface area contributed by atoms with Gasteiger partial charge in [-0.3, -0.25) is 0 Å². The Morgan fingerprint density at radius 2 is 2.38 bits per heavy atom. The molecule has 0 saturated heterocycles. The predicted molar refractivity (Wildman–Crippen MR) is 64.7 cm³/mol. The van der Waals surface area contributed by atoms with Crippen molar-refractivity contribution in [2.75, 3.05) is 12.4 Å². The van der Waals surface area contributed by atoms with Gasteiger partial charge in [0.15, 0.2) is 16.7 Å². The molecule has 1 unspecified atom stereocenters. The molecule has 0 aliphatic carbocycles. The molecular formula is C11H14ClN3O. The van der Waals surface area contributed by atoms with Crippen molar-refractivity contribution >= 4 is 17.4 Å². The van der Waals surface area contributed by atoms with Crippen molar-refractivity contribution in [2.45, 2.75) is 25.8 Å². The summed E-state index contributed by atoms with van der Waals surface area (Å²) in [5, 5.41) is 3.36. The minimum atomic E-state index is -0.0788. The standard InChI is InChI=1S/C11H14ClN3O/c1-4-6-8(5-2)15-11-9(16-3)10(12)13-7-14-11/h2,7-8H,4,6H2,1,3H3,(H,13,14,15). The molecule has 0 aliphatic heterocycles. The fourth-order valence-corrected chi connectivity index (χ4v) is 1.50. The summed E-state index contributed by atoms with van der Waals surface area (Å²) in [4.78, 5) is 7.88. The smallest absolute Gasteiger partial charge is 0.198 e. The summed E-state index contributed by atoms with van der Waals surface area (Å²) in [7, 11) is 1.51. The zero-order valence-corrected chi connectivity index (χ0v) is 10.1. The Morgan fingerprint density at radius 1 is 1.62 bits per heavy atom. The Bertz CT molecular complexity index is 389. The highest BCUT2D eigenvalue weighted by molar-refractivity contribution is 6.31. The van der Waals surface area contributed by atoms with Crippen LogP contribution in [-0.2, 0) is 0 Å². The van der Waals surface area contributed by atoms with E-state index in [2.05, 4.69) is 28.1 Å². The van der Waals surface area contributed by atoms with Gasteiger partial charge in [-0.2, -0.15) is 0 Å². The number of rotatable bonds is 5. The number of hydrogen-bond acceptors (Lipinski definition) is 4. The van der Waals surface area contributed by atoms with Crippen LogP contribution in [0.25, 0.3) is 0 Å². The molecule has 0 spiro atoms. The van der Waals surface area contributed by atoms with E-state index in [4.69, 9.17) is 22.8 Å². The summed E-state index contributed by atoms with van der Waals surface area (Å²) in [5.74, 6) is 3.60. The quantitative estimate of drug-likeness (QED) is 0.633. The molecule has 1 N–H and O–H groups in total. The average Bonchev–Trinajstić information content (AvgIpc) is 2.28. The molecule has 0 fully saturated rings. The van der Waals surface area contributed by atoms with Crippen molar-refractivity contribution in [2.24, 2.45) is 0 Å². The van der Waals surface area contributed by atoms with Crippen LogP contribution in [0.5, 0.6) is 5.75 Å². The maximum Gasteiger partial charge on any atom is 0.198 e. The van der Waals surface area contributed by atoms with Gasteiger partial charge in [-0.15, -0.1) is 6.42 Å². The molecule has 0 saturated carbocycles. The SMILES string of the molecule is C#CC(CCC)Nc1ncnc(Cl)c1OC. The van der Waals surface area contributed by atoms with E-state index in [1.54, 1.807) is 0 Å². The molecule has 0 aromatic carbocycles. The van der Waals surface area contributed by atoms with Gasteiger partial charge in [0, 0.05) is 0 Å². The second-order valence-corrected chi connectivity index (χ2v) is 3.56. The van der Waals surface area contributed by atoms with Crippen molar-refractivity contribution in [3.05, 3.63) is 11.5 Å². The molecule has 86 valence electrons. The van der Waals surface area contributed by atoms with Gasteiger partial charge in [0.05, 0.1) is 13.2 Å². The van der Waals surface area contributed by atoms with E-state index < -0.39 is 0 Å². The van der Waals surface area contributed by atoms with Gasteiger partial charge in [0.25, 0.3) is 0 Å². The largest absolute Gasteiger partial charge is 0.490 e. The average molecular weight is 240 g/mol. The van der Waals surface area contributed by atoms with Gasteiger partial charge in [-0.25, -0.2) is 9.97 Å². The lowest BCUT2D eigenvalue weighted by Crippen LogP contribution is -2.18. The number of hydrogen-bond donors (Lipinski definition) is 1. The monoisotopic (exact) mass is 239 g/mol. The lowest BCUT2D eigenvalue weighted by molar-refractivity contribution is 0.412. The number of aromatic nitrogens is 2. The van der Waals surface area contributed by atoms with Crippen LogP contribution in [0.2, 0.25) is 5.15 Å². The Hall–Kier alpha value is -1.47. The van der Waals surface area contributed by atoms with Crippen LogP contribution in [0, 0.1) is 12.3 Å². The second-order valence-electron chi connectivity index (χ2n) is 3.20. The Labute approximate surface area is 100 Å². The van der Waals surface area contributed by atoms with E-state index in [-0.39, 0.29) is 11.2 Å². The summed E-state index contributed by atoms with van der Waals surface area (Å²) in [5.41, 5.74) is 0. The first-order valence-corrected chi connectivity index (χ1v) is 5.37. The number of nitrogens with one attached hydrogen (secondary N) is 1. The molecular weight excluding hydrogens is 226 g/mol. The van der Waals surface area contributed by atoms with Gasteiger partial charge < -0.3 is 10.1 Å². The molecule has 16 heavy (non-hydrogen) atoms. The highest BCUT2D eigenvalue weighted by Crippen LogP contribution is 2.28. The summed E-state index contributed by atoms with van der Waals surface area (Å²) in [6.07, 6.45) is 8.63. The third-order valence-corrected chi connectivity index (χ3v) is 2.32. The van der Waals surface area contributed by atoms with E-state index in [0.717, 1.165) is 12.8 Å². The Morgan fingerprint density at radius 3 is 2.94 bits per heavy atom. The zero-order valence-electron chi connectivity index (χ0n) is 9.33. The van der Waals surface area contributed by atoms with Crippen molar-refractivity contribution in [1.82, 2.24) is 9.97 Å². The van der Waals surface area contributed by atoms with Crippen LogP contribution in [0.3, 0.4) is 0 Å². The van der Waals surface area contributed by atoms with Gasteiger partial charge in [0.2, 0.25) is 0 Å². The molecule has 1 rings (SSSR count). The first-order chi connectivity index (χ1) is 7.72. The summed E-state index contributed by atoms with van der Waals surface area (Å²) < 4.78 is 5.11. The van der Waals surface area contributed by atoms with E-state index in [1.165, 1.54) is 13.4 Å². The van der Waals surface area contributed by atoms with Crippen LogP contribution in [0.15, 0.2) is 6.33 Å². The Kier molecular flexibility index (Phi) is 4.87. The van der Waals surface area contributed by atoms with Crippen LogP contribution in [0.1, 0.15) is 19.8 Å². The molecule has 1 aromatic rings. The van der Waals surface area contributed by atoms with Crippen LogP contribution in [0.4, 0.5) is 5.82 Å². The lowest BCUT2D eigenvalue weighted by Gasteiger charge is -2.15. The lowest BCUT2D eigenvalue weighted by atomic mass is 10.2. The molecule has 1 heterocycles. The van der Waals surface area contributed by atoms with E-state index in [0.29, 0.717) is 11.6 Å². The van der Waals surface area contributed by atoms with Gasteiger partial charge in [-0.05, 0) is 6.42 Å². The van der Waals surface area contributed by atoms with Gasteiger partial charge in [-0.1, -0.05) is 30.9 Å². The van der Waals surface area contributed by atoms with E-state index in [1.807, 2.05) is 0 Å². The number of nitrogens with zero attached hydrogens (tertiary/aromatic N) is 2. The minimum absolute atomic E-state index is 0.0788. The predicted octanol–water partition coefficient (Wildman–Crippen LogP) is 2.35. The summed E-state index contributed by atoms with van der Waals surface area (Å²) in [6, 6.07) is -0.0788. The van der Waals surface area contributed by atoms with Crippen molar-refractivity contribution in [1.29, 1.82) is 0 Å². The van der Waals surface area contributed by atoms with Crippen molar-refractivity contribution < 1.29 is 4.74 Å². The second kappa shape index (κ2) is 6.19. The molecule has 4 nitrogen and oxygen atoms in total. The van der Waals surface area contributed by atoms with Gasteiger partial charge >= 0.3 is 0 Å². The normalized spacial score (nSPS) is 11.6. The van der Waals surface area contributed by atoms with E-state index >= 15 is 0 Å². The zero-order chi connectivity index (χ0) is 12.0. The van der Waals surface area contributed by atoms with Gasteiger partial charge in [0.1, 0.15) is 6.33 Å². The fourth-order valence-electron chi connectivity index (χ4n) is 1.29. The molecule has 5 heteroatoms. The summed E-state index contributed by atoms with van der Waals surface area (Å²) >= 11 is 5.87. The first-order valence-electron chi connectivity index (χ1n) is 5.00. The highest BCUT2D eigenvalue weighted by atomic mass is 35.5. The maximum atomic E-state index is 5.87. The van der Waals surface area contributed by atoms with Crippen LogP contribution >= 0.6 is 11.6 Å². The molecule has 0 aliphatic rings. The molecule has 1 atom stereocenters. The fraction of sp³-hybridized carbons (Fsp3) is 0.455. The molecule has 0 amide bonds. The van der Waals surface area contributed by atoms with Crippen LogP contribution < -0.4 is 10.1 Å². The number of terminal acetylenes is 1. The Balaban J connectivity index is 2.88. The number of halogens is 1. The van der Waals surface area contributed by atoms with Crippen molar-refractivity contribution in [3.8, 4) is 18.1 Å². The molecule has 1 aromatic heterocycles. The number of ether oxygens (including phenoxy) is 1.